The summed E-state index contributed by atoms with van der Waals surface area (Å²) in [6.07, 6.45) is 0. The smallest absolute Gasteiger partial charge is 0.250 e. The van der Waals surface area contributed by atoms with Crippen molar-refractivity contribution in [3.05, 3.63) is 52.5 Å². The van der Waals surface area contributed by atoms with Crippen LogP contribution in [0.3, 0.4) is 0 Å². The molecule has 0 atom stereocenters. The SMILES string of the molecule is Cc1cc(S(N)(=O)=O)cc(NC(=O)COCc2nc3ccccc3s2)c1C. The second-order valence-corrected chi connectivity index (χ2v) is 8.75. The van der Waals surface area contributed by atoms with Gasteiger partial charge in [0, 0.05) is 5.69 Å². The van der Waals surface area contributed by atoms with Crippen molar-refractivity contribution in [1.82, 2.24) is 4.98 Å². The van der Waals surface area contributed by atoms with E-state index < -0.39 is 10.0 Å². The van der Waals surface area contributed by atoms with Gasteiger partial charge in [-0.15, -0.1) is 11.3 Å². The first-order chi connectivity index (χ1) is 12.7. The highest BCUT2D eigenvalue weighted by Gasteiger charge is 2.14. The summed E-state index contributed by atoms with van der Waals surface area (Å²) < 4.78 is 29.6. The second kappa shape index (κ2) is 7.73. The van der Waals surface area contributed by atoms with Gasteiger partial charge in [0.05, 0.1) is 21.7 Å². The molecule has 1 aromatic heterocycles. The molecular weight excluding hydrogens is 386 g/mol. The average Bonchev–Trinajstić information content (AvgIpc) is 3.00. The minimum atomic E-state index is -3.86. The molecule has 1 amide bonds. The number of ether oxygens (including phenoxy) is 1. The van der Waals surface area contributed by atoms with E-state index in [2.05, 4.69) is 10.3 Å². The first kappa shape index (κ1) is 19.4. The Balaban J connectivity index is 1.63. The number of carbonyl (C=O) groups is 1. The summed E-state index contributed by atoms with van der Waals surface area (Å²) in [5, 5.41) is 8.64. The Morgan fingerprint density at radius 3 is 2.70 bits per heavy atom. The van der Waals surface area contributed by atoms with E-state index in [4.69, 9.17) is 9.88 Å². The Hall–Kier alpha value is -2.33. The molecule has 0 radical (unpaired) electrons. The summed E-state index contributed by atoms with van der Waals surface area (Å²) in [4.78, 5) is 16.6. The van der Waals surface area contributed by atoms with Crippen LogP contribution in [0.4, 0.5) is 5.69 Å². The number of thiazole rings is 1. The fourth-order valence-corrected chi connectivity index (χ4v) is 4.05. The molecule has 0 spiro atoms. The Labute approximate surface area is 161 Å². The highest BCUT2D eigenvalue weighted by atomic mass is 32.2. The molecule has 3 aromatic rings. The van der Waals surface area contributed by atoms with Crippen molar-refractivity contribution in [2.75, 3.05) is 11.9 Å². The number of fused-ring (bicyclic) bond motifs is 1. The number of aromatic nitrogens is 1. The molecule has 2 aromatic carbocycles. The number of nitrogens with one attached hydrogen (secondary N) is 1. The summed E-state index contributed by atoms with van der Waals surface area (Å²) in [5.74, 6) is -0.384. The lowest BCUT2D eigenvalue weighted by atomic mass is 10.1. The first-order valence-electron chi connectivity index (χ1n) is 8.10. The Morgan fingerprint density at radius 1 is 1.26 bits per heavy atom. The standard InChI is InChI=1S/C18H19N3O4S2/c1-11-7-13(27(19,23)24)8-15(12(11)2)20-17(22)9-25-10-18-21-14-5-3-4-6-16(14)26-18/h3-8H,9-10H2,1-2H3,(H,20,22)(H2,19,23,24). The third-order valence-corrected chi connectivity index (χ3v) is 5.94. The van der Waals surface area contributed by atoms with Crippen LogP contribution in [0.15, 0.2) is 41.3 Å². The van der Waals surface area contributed by atoms with E-state index in [0.29, 0.717) is 11.3 Å². The van der Waals surface area contributed by atoms with Crippen LogP contribution >= 0.6 is 11.3 Å². The van der Waals surface area contributed by atoms with E-state index in [1.54, 1.807) is 13.8 Å². The minimum Gasteiger partial charge on any atom is -0.364 e. The number of anilines is 1. The van der Waals surface area contributed by atoms with Gasteiger partial charge in [0.25, 0.3) is 0 Å². The van der Waals surface area contributed by atoms with E-state index in [-0.39, 0.29) is 24.0 Å². The van der Waals surface area contributed by atoms with Crippen LogP contribution in [0.1, 0.15) is 16.1 Å². The van der Waals surface area contributed by atoms with E-state index in [0.717, 1.165) is 20.8 Å². The molecule has 27 heavy (non-hydrogen) atoms. The summed E-state index contributed by atoms with van der Waals surface area (Å²) in [6, 6.07) is 10.6. The first-order valence-corrected chi connectivity index (χ1v) is 10.5. The molecule has 1 heterocycles. The Bertz CT molecular complexity index is 1070. The van der Waals surface area contributed by atoms with Crippen LogP contribution in [0, 0.1) is 13.8 Å². The van der Waals surface area contributed by atoms with E-state index in [1.807, 2.05) is 24.3 Å². The minimum absolute atomic E-state index is 0.0451. The normalized spacial score (nSPS) is 11.7. The maximum Gasteiger partial charge on any atom is 0.250 e. The van der Waals surface area contributed by atoms with Crippen LogP contribution in [0.25, 0.3) is 10.2 Å². The monoisotopic (exact) mass is 405 g/mol. The van der Waals surface area contributed by atoms with Crippen LogP contribution < -0.4 is 10.5 Å². The fraction of sp³-hybridized carbons (Fsp3) is 0.222. The van der Waals surface area contributed by atoms with Crippen LogP contribution in [0.2, 0.25) is 0 Å². The number of carbonyl (C=O) groups excluding carboxylic acids is 1. The number of hydrogen-bond acceptors (Lipinski definition) is 6. The number of para-hydroxylation sites is 1. The average molecular weight is 406 g/mol. The molecular formula is C18H19N3O4S2. The van der Waals surface area contributed by atoms with Crippen molar-refractivity contribution in [3.63, 3.8) is 0 Å². The summed E-state index contributed by atoms with van der Waals surface area (Å²) in [7, 11) is -3.86. The summed E-state index contributed by atoms with van der Waals surface area (Å²) in [6.45, 7) is 3.60. The lowest BCUT2D eigenvalue weighted by molar-refractivity contribution is -0.121. The third kappa shape index (κ3) is 4.69. The molecule has 0 saturated carbocycles. The van der Waals surface area contributed by atoms with Crippen molar-refractivity contribution in [1.29, 1.82) is 0 Å². The molecule has 3 N–H and O–H groups in total. The van der Waals surface area contributed by atoms with Crippen molar-refractivity contribution >= 4 is 43.2 Å². The zero-order valence-corrected chi connectivity index (χ0v) is 16.5. The van der Waals surface area contributed by atoms with Crippen LogP contribution in [-0.4, -0.2) is 25.9 Å². The van der Waals surface area contributed by atoms with Gasteiger partial charge in [-0.1, -0.05) is 12.1 Å². The molecule has 9 heteroatoms. The molecule has 7 nitrogen and oxygen atoms in total. The lowest BCUT2D eigenvalue weighted by Gasteiger charge is -2.12. The number of aryl methyl sites for hydroxylation is 1. The molecule has 0 aliphatic heterocycles. The van der Waals surface area contributed by atoms with Gasteiger partial charge in [0.15, 0.2) is 0 Å². The predicted molar refractivity (Wildman–Crippen MR) is 105 cm³/mol. The second-order valence-electron chi connectivity index (χ2n) is 6.07. The fourth-order valence-electron chi connectivity index (χ4n) is 2.52. The van der Waals surface area contributed by atoms with Gasteiger partial charge >= 0.3 is 0 Å². The lowest BCUT2D eigenvalue weighted by Crippen LogP contribution is -2.20. The topological polar surface area (TPSA) is 111 Å². The summed E-state index contributed by atoms with van der Waals surface area (Å²) >= 11 is 1.51. The number of benzene rings is 2. The van der Waals surface area contributed by atoms with Crippen molar-refractivity contribution in [3.8, 4) is 0 Å². The van der Waals surface area contributed by atoms with Crippen molar-refractivity contribution in [2.45, 2.75) is 25.3 Å². The number of nitrogens with two attached hydrogens (primary N) is 1. The van der Waals surface area contributed by atoms with Gasteiger partial charge in [-0.25, -0.2) is 18.5 Å². The quantitative estimate of drug-likeness (QED) is 0.655. The number of rotatable bonds is 6. The highest BCUT2D eigenvalue weighted by Crippen LogP contribution is 2.24. The number of sulfonamides is 1. The molecule has 0 bridgehead atoms. The van der Waals surface area contributed by atoms with Gasteiger partial charge in [-0.05, 0) is 49.2 Å². The zero-order valence-electron chi connectivity index (χ0n) is 14.9. The zero-order chi connectivity index (χ0) is 19.6. The maximum atomic E-state index is 12.2. The predicted octanol–water partition coefficient (Wildman–Crippen LogP) is 2.72. The van der Waals surface area contributed by atoms with Crippen molar-refractivity contribution < 1.29 is 17.9 Å². The van der Waals surface area contributed by atoms with Gasteiger partial charge in [-0.3, -0.25) is 4.79 Å². The van der Waals surface area contributed by atoms with E-state index in [1.165, 1.54) is 23.5 Å². The Kier molecular flexibility index (Phi) is 5.56. The molecule has 0 aliphatic rings. The van der Waals surface area contributed by atoms with Gasteiger partial charge < -0.3 is 10.1 Å². The maximum absolute atomic E-state index is 12.2. The largest absolute Gasteiger partial charge is 0.364 e. The van der Waals surface area contributed by atoms with Gasteiger partial charge in [0.1, 0.15) is 11.6 Å². The van der Waals surface area contributed by atoms with Gasteiger partial charge in [-0.2, -0.15) is 0 Å². The Morgan fingerprint density at radius 2 is 2.00 bits per heavy atom. The van der Waals surface area contributed by atoms with Crippen LogP contribution in [0.5, 0.6) is 0 Å². The number of primary sulfonamides is 1. The molecule has 0 fully saturated rings. The van der Waals surface area contributed by atoms with Gasteiger partial charge in [0.2, 0.25) is 15.9 Å². The van der Waals surface area contributed by atoms with E-state index >= 15 is 0 Å². The number of amides is 1. The van der Waals surface area contributed by atoms with Crippen LogP contribution in [-0.2, 0) is 26.2 Å². The summed E-state index contributed by atoms with van der Waals surface area (Å²) in [5.41, 5.74) is 2.78. The molecule has 0 aliphatic carbocycles. The highest BCUT2D eigenvalue weighted by molar-refractivity contribution is 7.89. The number of hydrogen-bond donors (Lipinski definition) is 2. The molecule has 3 rings (SSSR count). The number of nitrogens with zero attached hydrogens (tertiary/aromatic N) is 1. The molecule has 0 unspecified atom stereocenters. The molecule has 0 saturated heterocycles. The van der Waals surface area contributed by atoms with E-state index in [9.17, 15) is 13.2 Å². The van der Waals surface area contributed by atoms with Crippen molar-refractivity contribution in [2.24, 2.45) is 5.14 Å². The third-order valence-electron chi connectivity index (χ3n) is 4.04. The molecule has 142 valence electrons.